The maximum Gasteiger partial charge on any atom is 0.328 e. The Labute approximate surface area is 114 Å². The molecule has 1 aromatic rings. The number of ether oxygens (including phenoxy) is 2. The molecule has 4 nitrogen and oxygen atoms in total. The first-order valence-electron chi connectivity index (χ1n) is 5.39. The molecule has 0 saturated carbocycles. The van der Waals surface area contributed by atoms with E-state index in [-0.39, 0.29) is 6.10 Å². The second-order valence-electron chi connectivity index (χ2n) is 3.75. The minimum atomic E-state index is -0.972. The number of benzene rings is 1. The number of hydrogen-bond donors (Lipinski definition) is 1. The fraction of sp³-hybridized carbons (Fsp3) is 0.308. The Balaban J connectivity index is 2.76. The molecule has 0 fully saturated rings. The lowest BCUT2D eigenvalue weighted by Crippen LogP contribution is -2.18. The highest BCUT2D eigenvalue weighted by atomic mass is 79.9. The number of rotatable bonds is 6. The van der Waals surface area contributed by atoms with Crippen LogP contribution in [-0.4, -0.2) is 30.9 Å². The monoisotopic (exact) mass is 314 g/mol. The molecule has 18 heavy (non-hydrogen) atoms. The number of carboxylic acid groups (broad SMARTS) is 1. The van der Waals surface area contributed by atoms with Crippen LogP contribution in [0.15, 0.2) is 28.7 Å². The number of carboxylic acids is 1. The highest BCUT2D eigenvalue weighted by molar-refractivity contribution is 9.10. The van der Waals surface area contributed by atoms with Gasteiger partial charge in [0.05, 0.1) is 11.1 Å². The van der Waals surface area contributed by atoms with E-state index in [0.717, 1.165) is 16.1 Å². The molecule has 1 unspecified atom stereocenters. The predicted octanol–water partition coefficient (Wildman–Crippen LogP) is 2.96. The third-order valence-electron chi connectivity index (χ3n) is 2.10. The summed E-state index contributed by atoms with van der Waals surface area (Å²) in [6, 6.07) is 5.38. The fourth-order valence-electron chi connectivity index (χ4n) is 1.37. The average Bonchev–Trinajstić information content (AvgIpc) is 2.30. The second-order valence-corrected chi connectivity index (χ2v) is 4.60. The molecule has 0 aliphatic heterocycles. The van der Waals surface area contributed by atoms with Crippen LogP contribution in [0.3, 0.4) is 0 Å². The van der Waals surface area contributed by atoms with Gasteiger partial charge in [0.15, 0.2) is 0 Å². The molecular weight excluding hydrogens is 300 g/mol. The molecule has 0 bridgehead atoms. The summed E-state index contributed by atoms with van der Waals surface area (Å²) in [5.41, 5.74) is 0.788. The van der Waals surface area contributed by atoms with Gasteiger partial charge in [-0.25, -0.2) is 4.79 Å². The Bertz CT molecular complexity index is 443. The SMILES string of the molecule is COCC(C)Oc1ccc(C=CC(=O)O)cc1Br. The van der Waals surface area contributed by atoms with E-state index in [1.807, 2.05) is 6.92 Å². The molecule has 1 aromatic carbocycles. The van der Waals surface area contributed by atoms with Gasteiger partial charge < -0.3 is 14.6 Å². The average molecular weight is 315 g/mol. The second kappa shape index (κ2) is 7.18. The van der Waals surface area contributed by atoms with Crippen LogP contribution < -0.4 is 4.74 Å². The molecule has 0 radical (unpaired) electrons. The van der Waals surface area contributed by atoms with Crippen molar-refractivity contribution in [1.82, 2.24) is 0 Å². The normalized spacial score (nSPS) is 12.6. The summed E-state index contributed by atoms with van der Waals surface area (Å²) in [5, 5.41) is 8.54. The van der Waals surface area contributed by atoms with Gasteiger partial charge in [0.25, 0.3) is 0 Å². The maximum absolute atomic E-state index is 10.4. The molecule has 5 heteroatoms. The van der Waals surface area contributed by atoms with Crippen LogP contribution in [0.2, 0.25) is 0 Å². The van der Waals surface area contributed by atoms with Crippen molar-refractivity contribution in [2.24, 2.45) is 0 Å². The van der Waals surface area contributed by atoms with E-state index in [1.54, 1.807) is 25.3 Å². The molecule has 0 aliphatic rings. The van der Waals surface area contributed by atoms with Crippen LogP contribution in [0, 0.1) is 0 Å². The molecule has 1 rings (SSSR count). The van der Waals surface area contributed by atoms with Gasteiger partial charge in [-0.3, -0.25) is 0 Å². The van der Waals surface area contributed by atoms with Crippen LogP contribution in [-0.2, 0) is 9.53 Å². The van der Waals surface area contributed by atoms with E-state index < -0.39 is 5.97 Å². The summed E-state index contributed by atoms with van der Waals surface area (Å²) in [4.78, 5) is 10.4. The van der Waals surface area contributed by atoms with Crippen molar-refractivity contribution in [3.05, 3.63) is 34.3 Å². The van der Waals surface area contributed by atoms with Gasteiger partial charge in [-0.15, -0.1) is 0 Å². The maximum atomic E-state index is 10.4. The Kier molecular flexibility index (Phi) is 5.88. The van der Waals surface area contributed by atoms with Crippen molar-refractivity contribution in [2.45, 2.75) is 13.0 Å². The Morgan fingerprint density at radius 3 is 2.83 bits per heavy atom. The van der Waals surface area contributed by atoms with Crippen molar-refractivity contribution in [2.75, 3.05) is 13.7 Å². The van der Waals surface area contributed by atoms with Gasteiger partial charge >= 0.3 is 5.97 Å². The van der Waals surface area contributed by atoms with E-state index >= 15 is 0 Å². The van der Waals surface area contributed by atoms with Crippen molar-refractivity contribution in [1.29, 1.82) is 0 Å². The molecule has 1 atom stereocenters. The van der Waals surface area contributed by atoms with Gasteiger partial charge in [-0.1, -0.05) is 6.07 Å². The van der Waals surface area contributed by atoms with E-state index in [2.05, 4.69) is 15.9 Å². The minimum absolute atomic E-state index is 0.0493. The Morgan fingerprint density at radius 1 is 1.56 bits per heavy atom. The van der Waals surface area contributed by atoms with Crippen LogP contribution in [0.5, 0.6) is 5.75 Å². The third kappa shape index (κ3) is 4.89. The lowest BCUT2D eigenvalue weighted by molar-refractivity contribution is -0.131. The zero-order valence-corrected chi connectivity index (χ0v) is 11.8. The number of halogens is 1. The van der Waals surface area contributed by atoms with E-state index in [1.165, 1.54) is 6.08 Å². The lowest BCUT2D eigenvalue weighted by atomic mass is 10.2. The molecule has 0 saturated heterocycles. The lowest BCUT2D eigenvalue weighted by Gasteiger charge is -2.15. The number of hydrogen-bond acceptors (Lipinski definition) is 3. The topological polar surface area (TPSA) is 55.8 Å². The summed E-state index contributed by atoms with van der Waals surface area (Å²) in [6.45, 7) is 2.42. The molecule has 98 valence electrons. The zero-order valence-electron chi connectivity index (χ0n) is 10.2. The quantitative estimate of drug-likeness (QED) is 0.820. The largest absolute Gasteiger partial charge is 0.487 e. The molecule has 0 aromatic heterocycles. The van der Waals surface area contributed by atoms with Gasteiger partial charge in [0.1, 0.15) is 11.9 Å². The van der Waals surface area contributed by atoms with Gasteiger partial charge in [0.2, 0.25) is 0 Å². The molecule has 0 heterocycles. The number of methoxy groups -OCH3 is 1. The van der Waals surface area contributed by atoms with Gasteiger partial charge in [0, 0.05) is 13.2 Å². The molecular formula is C13H15BrO4. The summed E-state index contributed by atoms with van der Waals surface area (Å²) < 4.78 is 11.4. The van der Waals surface area contributed by atoms with Crippen LogP contribution >= 0.6 is 15.9 Å². The summed E-state index contributed by atoms with van der Waals surface area (Å²) in [7, 11) is 1.62. The first kappa shape index (κ1) is 14.7. The highest BCUT2D eigenvalue weighted by Gasteiger charge is 2.07. The van der Waals surface area contributed by atoms with Gasteiger partial charge in [-0.2, -0.15) is 0 Å². The van der Waals surface area contributed by atoms with Crippen molar-refractivity contribution in [3.63, 3.8) is 0 Å². The summed E-state index contributed by atoms with van der Waals surface area (Å²) in [5.74, 6) is -0.271. The van der Waals surface area contributed by atoms with Crippen molar-refractivity contribution in [3.8, 4) is 5.75 Å². The summed E-state index contributed by atoms with van der Waals surface area (Å²) in [6.07, 6.45) is 2.57. The first-order valence-corrected chi connectivity index (χ1v) is 6.18. The van der Waals surface area contributed by atoms with Crippen LogP contribution in [0.25, 0.3) is 6.08 Å². The van der Waals surface area contributed by atoms with Crippen LogP contribution in [0.4, 0.5) is 0 Å². The molecule has 1 N–H and O–H groups in total. The van der Waals surface area contributed by atoms with E-state index in [4.69, 9.17) is 14.6 Å². The molecule has 0 amide bonds. The predicted molar refractivity (Wildman–Crippen MR) is 72.8 cm³/mol. The molecule has 0 spiro atoms. The van der Waals surface area contributed by atoms with E-state index in [0.29, 0.717) is 12.4 Å². The number of aliphatic carboxylic acids is 1. The zero-order chi connectivity index (χ0) is 13.5. The van der Waals surface area contributed by atoms with Crippen molar-refractivity contribution < 1.29 is 19.4 Å². The number of carbonyl (C=O) groups is 1. The van der Waals surface area contributed by atoms with Crippen LogP contribution in [0.1, 0.15) is 12.5 Å². The Hall–Kier alpha value is -1.33. The third-order valence-corrected chi connectivity index (χ3v) is 2.72. The first-order chi connectivity index (χ1) is 8.52. The standard InChI is InChI=1S/C13H15BrO4/c1-9(8-17-2)18-12-5-3-10(7-11(12)14)4-6-13(15)16/h3-7,9H,8H2,1-2H3,(H,15,16). The van der Waals surface area contributed by atoms with Gasteiger partial charge in [-0.05, 0) is 46.6 Å². The smallest absolute Gasteiger partial charge is 0.328 e. The fourth-order valence-corrected chi connectivity index (χ4v) is 1.86. The summed E-state index contributed by atoms with van der Waals surface area (Å²) >= 11 is 3.39. The van der Waals surface area contributed by atoms with Crippen molar-refractivity contribution >= 4 is 28.0 Å². The minimum Gasteiger partial charge on any atom is -0.487 e. The highest BCUT2D eigenvalue weighted by Crippen LogP contribution is 2.27. The van der Waals surface area contributed by atoms with E-state index in [9.17, 15) is 4.79 Å². The Morgan fingerprint density at radius 2 is 2.28 bits per heavy atom. The molecule has 0 aliphatic carbocycles.